The number of nitrogens with zero attached hydrogens (tertiary/aromatic N) is 1. The number of carbonyl (C=O) groups excluding carboxylic acids is 1. The zero-order valence-electron chi connectivity index (χ0n) is 14.4. The molecular formula is C19H20FNO4S. The lowest BCUT2D eigenvalue weighted by Crippen LogP contribution is -2.37. The molecular weight excluding hydrogens is 357 g/mol. The Morgan fingerprint density at radius 3 is 2.65 bits per heavy atom. The molecule has 1 fully saturated rings. The first kappa shape index (κ1) is 18.5. The van der Waals surface area contributed by atoms with Gasteiger partial charge in [-0.15, -0.1) is 0 Å². The fourth-order valence-corrected chi connectivity index (χ4v) is 5.07. The van der Waals surface area contributed by atoms with E-state index in [9.17, 15) is 17.6 Å². The molecule has 0 N–H and O–H groups in total. The van der Waals surface area contributed by atoms with E-state index in [2.05, 4.69) is 4.74 Å². The molecule has 0 spiro atoms. The Bertz CT molecular complexity index is 899. The maximum atomic E-state index is 14.3. The normalized spacial score (nSPS) is 18.0. The summed E-state index contributed by atoms with van der Waals surface area (Å²) in [5.74, 6) is -1.58. The number of sulfonamides is 1. The smallest absolute Gasteiger partial charge is 0.337 e. The average molecular weight is 377 g/mol. The number of halogens is 1. The molecule has 0 saturated carbocycles. The zero-order chi connectivity index (χ0) is 18.7. The number of ether oxygens (including phenoxy) is 1. The summed E-state index contributed by atoms with van der Waals surface area (Å²) in [5, 5.41) is 0. The largest absolute Gasteiger partial charge is 0.465 e. The highest BCUT2D eigenvalue weighted by molar-refractivity contribution is 7.89. The molecule has 2 aromatic carbocycles. The van der Waals surface area contributed by atoms with E-state index in [-0.39, 0.29) is 11.6 Å². The fourth-order valence-electron chi connectivity index (χ4n) is 3.29. The summed E-state index contributed by atoms with van der Waals surface area (Å²) >= 11 is 0. The number of methoxy groups -OCH3 is 1. The summed E-state index contributed by atoms with van der Waals surface area (Å²) in [6.07, 6.45) is 2.00. The van der Waals surface area contributed by atoms with Crippen molar-refractivity contribution in [3.05, 3.63) is 65.5 Å². The molecule has 1 atom stereocenters. The standard InChI is InChI=1S/C19H20FNO4S/c1-25-19(22)15-9-10-17(20)18(13-15)26(23,24)21-11-5-8-16(21)12-14-6-3-2-4-7-14/h2-4,6-7,9-10,13,16H,5,8,11-12H2,1H3. The summed E-state index contributed by atoms with van der Waals surface area (Å²) in [7, 11) is -2.86. The third kappa shape index (κ3) is 3.64. The van der Waals surface area contributed by atoms with Gasteiger partial charge in [-0.05, 0) is 43.0 Å². The van der Waals surface area contributed by atoms with Crippen LogP contribution in [0.4, 0.5) is 4.39 Å². The number of carbonyl (C=O) groups is 1. The Morgan fingerprint density at radius 2 is 1.96 bits per heavy atom. The van der Waals surface area contributed by atoms with E-state index < -0.39 is 26.7 Å². The van der Waals surface area contributed by atoms with Crippen LogP contribution < -0.4 is 0 Å². The van der Waals surface area contributed by atoms with Gasteiger partial charge in [-0.25, -0.2) is 17.6 Å². The molecule has 26 heavy (non-hydrogen) atoms. The van der Waals surface area contributed by atoms with Crippen LogP contribution >= 0.6 is 0 Å². The van der Waals surface area contributed by atoms with Crippen LogP contribution in [0.2, 0.25) is 0 Å². The van der Waals surface area contributed by atoms with Crippen molar-refractivity contribution in [3.63, 3.8) is 0 Å². The Balaban J connectivity index is 1.93. The van der Waals surface area contributed by atoms with Crippen molar-refractivity contribution in [3.8, 4) is 0 Å². The monoisotopic (exact) mass is 377 g/mol. The molecule has 1 saturated heterocycles. The summed E-state index contributed by atoms with van der Waals surface area (Å²) in [4.78, 5) is 11.2. The van der Waals surface area contributed by atoms with Crippen LogP contribution in [-0.2, 0) is 21.2 Å². The molecule has 1 unspecified atom stereocenters. The van der Waals surface area contributed by atoms with Crippen molar-refractivity contribution in [2.45, 2.75) is 30.2 Å². The third-order valence-electron chi connectivity index (χ3n) is 4.58. The van der Waals surface area contributed by atoms with Crippen LogP contribution in [0.15, 0.2) is 53.4 Å². The maximum Gasteiger partial charge on any atom is 0.337 e. The number of esters is 1. The lowest BCUT2D eigenvalue weighted by Gasteiger charge is -2.24. The minimum atomic E-state index is -4.05. The van der Waals surface area contributed by atoms with Crippen molar-refractivity contribution in [2.75, 3.05) is 13.7 Å². The van der Waals surface area contributed by atoms with E-state index in [4.69, 9.17) is 0 Å². The van der Waals surface area contributed by atoms with Gasteiger partial charge in [0, 0.05) is 12.6 Å². The quantitative estimate of drug-likeness (QED) is 0.752. The minimum absolute atomic E-state index is 0.00582. The second kappa shape index (κ2) is 7.55. The van der Waals surface area contributed by atoms with Crippen molar-refractivity contribution in [1.82, 2.24) is 4.31 Å². The van der Waals surface area contributed by atoms with E-state index in [0.29, 0.717) is 19.4 Å². The Morgan fingerprint density at radius 1 is 1.23 bits per heavy atom. The summed E-state index contributed by atoms with van der Waals surface area (Å²) in [6.45, 7) is 0.335. The van der Waals surface area contributed by atoms with Crippen LogP contribution in [0.5, 0.6) is 0 Å². The summed E-state index contributed by atoms with van der Waals surface area (Å²) in [5.41, 5.74) is 1.04. The van der Waals surface area contributed by atoms with Gasteiger partial charge in [0.05, 0.1) is 12.7 Å². The summed E-state index contributed by atoms with van der Waals surface area (Å²) in [6, 6.07) is 12.6. The molecule has 0 bridgehead atoms. The molecule has 3 rings (SSSR count). The van der Waals surface area contributed by atoms with Crippen LogP contribution in [-0.4, -0.2) is 38.4 Å². The first-order valence-corrected chi connectivity index (χ1v) is 9.81. The lowest BCUT2D eigenvalue weighted by molar-refractivity contribution is 0.0600. The van der Waals surface area contributed by atoms with Crippen molar-refractivity contribution in [1.29, 1.82) is 0 Å². The fraction of sp³-hybridized carbons (Fsp3) is 0.316. The van der Waals surface area contributed by atoms with Crippen molar-refractivity contribution in [2.24, 2.45) is 0 Å². The molecule has 0 aliphatic carbocycles. The van der Waals surface area contributed by atoms with Gasteiger partial charge in [-0.3, -0.25) is 0 Å². The Kier molecular flexibility index (Phi) is 5.38. The second-order valence-corrected chi connectivity index (χ2v) is 8.10. The van der Waals surface area contributed by atoms with E-state index in [1.165, 1.54) is 17.5 Å². The van der Waals surface area contributed by atoms with Crippen molar-refractivity contribution < 1.29 is 22.3 Å². The van der Waals surface area contributed by atoms with E-state index in [1.807, 2.05) is 30.3 Å². The van der Waals surface area contributed by atoms with Crippen LogP contribution in [0, 0.1) is 5.82 Å². The molecule has 1 aliphatic rings. The van der Waals surface area contributed by atoms with Crippen molar-refractivity contribution >= 4 is 16.0 Å². The SMILES string of the molecule is COC(=O)c1ccc(F)c(S(=O)(=O)N2CCCC2Cc2ccccc2)c1. The highest BCUT2D eigenvalue weighted by atomic mass is 32.2. The van der Waals surface area contributed by atoms with Gasteiger partial charge in [0.2, 0.25) is 10.0 Å². The highest BCUT2D eigenvalue weighted by Gasteiger charge is 2.37. The molecule has 0 amide bonds. The molecule has 138 valence electrons. The molecule has 1 heterocycles. The predicted octanol–water partition coefficient (Wildman–Crippen LogP) is 3.01. The van der Waals surface area contributed by atoms with Crippen LogP contribution in [0.1, 0.15) is 28.8 Å². The number of rotatable bonds is 5. The van der Waals surface area contributed by atoms with Gasteiger partial charge < -0.3 is 4.74 Å². The van der Waals surface area contributed by atoms with E-state index in [0.717, 1.165) is 24.1 Å². The lowest BCUT2D eigenvalue weighted by atomic mass is 10.1. The Labute approximate surface area is 152 Å². The second-order valence-electron chi connectivity index (χ2n) is 6.24. The molecule has 0 aromatic heterocycles. The molecule has 0 radical (unpaired) electrons. The topological polar surface area (TPSA) is 63.7 Å². The highest BCUT2D eigenvalue weighted by Crippen LogP contribution is 2.30. The number of hydrogen-bond acceptors (Lipinski definition) is 4. The van der Waals surface area contributed by atoms with Crippen LogP contribution in [0.3, 0.4) is 0 Å². The van der Waals surface area contributed by atoms with Gasteiger partial charge in [-0.1, -0.05) is 30.3 Å². The molecule has 1 aliphatic heterocycles. The first-order valence-electron chi connectivity index (χ1n) is 8.37. The third-order valence-corrected chi connectivity index (χ3v) is 6.54. The number of benzene rings is 2. The maximum absolute atomic E-state index is 14.3. The Hall–Kier alpha value is -2.25. The summed E-state index contributed by atoms with van der Waals surface area (Å²) < 4.78 is 46.3. The average Bonchev–Trinajstić information content (AvgIpc) is 3.11. The first-order chi connectivity index (χ1) is 12.4. The number of hydrogen-bond donors (Lipinski definition) is 0. The molecule has 7 heteroatoms. The minimum Gasteiger partial charge on any atom is -0.465 e. The zero-order valence-corrected chi connectivity index (χ0v) is 15.2. The molecule has 5 nitrogen and oxygen atoms in total. The van der Waals surface area contributed by atoms with Gasteiger partial charge in [0.25, 0.3) is 0 Å². The van der Waals surface area contributed by atoms with Gasteiger partial charge >= 0.3 is 5.97 Å². The predicted molar refractivity (Wildman–Crippen MR) is 94.8 cm³/mol. The molecule has 2 aromatic rings. The van der Waals surface area contributed by atoms with Crippen LogP contribution in [0.25, 0.3) is 0 Å². The van der Waals surface area contributed by atoms with Gasteiger partial charge in [-0.2, -0.15) is 4.31 Å². The van der Waals surface area contributed by atoms with E-state index in [1.54, 1.807) is 0 Å². The van der Waals surface area contributed by atoms with E-state index >= 15 is 0 Å². The van der Waals surface area contributed by atoms with Gasteiger partial charge in [0.1, 0.15) is 10.7 Å². The van der Waals surface area contributed by atoms with Gasteiger partial charge in [0.15, 0.2) is 0 Å².